The fourth-order valence-electron chi connectivity index (χ4n) is 4.05. The molecule has 2 heterocycles. The highest BCUT2D eigenvalue weighted by molar-refractivity contribution is 7.17. The van der Waals surface area contributed by atoms with Crippen LogP contribution >= 0.6 is 22.9 Å². The zero-order valence-electron chi connectivity index (χ0n) is 17.6. The van der Waals surface area contributed by atoms with Crippen LogP contribution in [0.4, 0.5) is 5.00 Å². The molecular weight excluding hydrogens is 436 g/mol. The molecule has 1 atom stereocenters. The Morgan fingerprint density at radius 1 is 1.32 bits per heavy atom. The third-order valence-corrected chi connectivity index (χ3v) is 7.28. The maximum atomic E-state index is 13.3. The highest BCUT2D eigenvalue weighted by Gasteiger charge is 2.31. The molecule has 0 saturated carbocycles. The molecule has 1 amide bonds. The first-order chi connectivity index (χ1) is 14.9. The van der Waals surface area contributed by atoms with E-state index in [-0.39, 0.29) is 0 Å². The van der Waals surface area contributed by atoms with Crippen LogP contribution in [0, 0.1) is 12.8 Å². The van der Waals surface area contributed by atoms with Crippen LogP contribution in [0.2, 0.25) is 5.02 Å². The topological polar surface area (TPSA) is 81.4 Å². The first-order valence-electron chi connectivity index (χ1n) is 10.2. The van der Waals surface area contributed by atoms with Crippen molar-refractivity contribution in [1.82, 2.24) is 5.16 Å². The van der Waals surface area contributed by atoms with Gasteiger partial charge in [0.2, 0.25) is 0 Å². The number of hydrogen-bond donors (Lipinski definition) is 1. The first-order valence-corrected chi connectivity index (χ1v) is 11.4. The Morgan fingerprint density at radius 3 is 2.81 bits per heavy atom. The minimum Gasteiger partial charge on any atom is -0.465 e. The van der Waals surface area contributed by atoms with E-state index >= 15 is 0 Å². The summed E-state index contributed by atoms with van der Waals surface area (Å²) in [5, 5.41) is 7.96. The number of hydrogen-bond acceptors (Lipinski definition) is 6. The van der Waals surface area contributed by atoms with E-state index in [2.05, 4.69) is 17.4 Å². The predicted molar refractivity (Wildman–Crippen MR) is 121 cm³/mol. The zero-order valence-corrected chi connectivity index (χ0v) is 19.2. The molecule has 3 aromatic rings. The predicted octanol–water partition coefficient (Wildman–Crippen LogP) is 5.92. The fourth-order valence-corrected chi connectivity index (χ4v) is 5.62. The van der Waals surface area contributed by atoms with Crippen molar-refractivity contribution in [3.8, 4) is 11.3 Å². The summed E-state index contributed by atoms with van der Waals surface area (Å²) in [5.74, 6) is 0.132. The quantitative estimate of drug-likeness (QED) is 0.480. The third kappa shape index (κ3) is 4.00. The number of aryl methyl sites for hydroxylation is 1. The molecule has 1 N–H and O–H groups in total. The first kappa shape index (κ1) is 21.6. The van der Waals surface area contributed by atoms with E-state index in [4.69, 9.17) is 20.9 Å². The molecule has 6 nitrogen and oxygen atoms in total. The largest absolute Gasteiger partial charge is 0.465 e. The highest BCUT2D eigenvalue weighted by Crippen LogP contribution is 2.41. The number of thiophene rings is 1. The molecule has 1 aliphatic carbocycles. The minimum atomic E-state index is -0.434. The summed E-state index contributed by atoms with van der Waals surface area (Å²) < 4.78 is 10.3. The summed E-state index contributed by atoms with van der Waals surface area (Å²) in [4.78, 5) is 27.0. The lowest BCUT2D eigenvalue weighted by atomic mass is 9.85. The van der Waals surface area contributed by atoms with Crippen molar-refractivity contribution in [3.05, 3.63) is 56.6 Å². The van der Waals surface area contributed by atoms with Crippen LogP contribution in [-0.4, -0.2) is 24.1 Å². The van der Waals surface area contributed by atoms with Gasteiger partial charge >= 0.3 is 5.97 Å². The zero-order chi connectivity index (χ0) is 22.1. The van der Waals surface area contributed by atoms with E-state index in [0.717, 1.165) is 36.1 Å². The fraction of sp³-hybridized carbons (Fsp3) is 0.348. The number of esters is 1. The smallest absolute Gasteiger partial charge is 0.341 e. The lowest BCUT2D eigenvalue weighted by Crippen LogP contribution is -2.17. The molecule has 8 heteroatoms. The summed E-state index contributed by atoms with van der Waals surface area (Å²) in [5.41, 5.74) is 2.72. The van der Waals surface area contributed by atoms with Gasteiger partial charge in [-0.25, -0.2) is 4.79 Å². The van der Waals surface area contributed by atoms with Crippen molar-refractivity contribution in [2.24, 2.45) is 5.92 Å². The number of methoxy groups -OCH3 is 1. The van der Waals surface area contributed by atoms with Gasteiger partial charge in [0.15, 0.2) is 0 Å². The second-order valence-corrected chi connectivity index (χ2v) is 9.13. The van der Waals surface area contributed by atoms with Gasteiger partial charge in [-0.2, -0.15) is 0 Å². The van der Waals surface area contributed by atoms with Crippen LogP contribution in [0.1, 0.15) is 56.7 Å². The SMILES string of the molecule is CC[C@@H]1CCc2c(sc(NC(=O)c3c(-c4ccccc4Cl)noc3C)c2C(=O)OC)C1. The van der Waals surface area contributed by atoms with Gasteiger partial charge in [-0.05, 0) is 43.7 Å². The molecule has 4 rings (SSSR count). The van der Waals surface area contributed by atoms with Crippen LogP contribution < -0.4 is 5.32 Å². The van der Waals surface area contributed by atoms with Gasteiger partial charge in [0.1, 0.15) is 22.0 Å². The number of aromatic nitrogens is 1. The average molecular weight is 459 g/mol. The number of nitrogens with one attached hydrogen (secondary N) is 1. The Hall–Kier alpha value is -2.64. The molecule has 0 aliphatic heterocycles. The molecule has 1 aromatic carbocycles. The van der Waals surface area contributed by atoms with Gasteiger partial charge in [0.05, 0.1) is 17.7 Å². The Balaban J connectivity index is 1.72. The number of benzene rings is 1. The number of carbonyl (C=O) groups is 2. The standard InChI is InChI=1S/C23H23ClN2O4S/c1-4-13-9-10-15-17(11-13)31-22(19(15)23(28)29-3)25-21(27)18-12(2)30-26-20(18)14-7-5-6-8-16(14)24/h5-8,13H,4,9-11H2,1-3H3,(H,25,27)/t13-/m1/s1. The number of rotatable bonds is 5. The van der Waals surface area contributed by atoms with Crippen molar-refractivity contribution >= 4 is 39.8 Å². The molecule has 162 valence electrons. The molecular formula is C23H23ClN2O4S. The van der Waals surface area contributed by atoms with E-state index in [1.807, 2.05) is 6.07 Å². The van der Waals surface area contributed by atoms with Crippen molar-refractivity contribution in [2.75, 3.05) is 12.4 Å². The lowest BCUT2D eigenvalue weighted by Gasteiger charge is -2.20. The monoisotopic (exact) mass is 458 g/mol. The number of anilines is 1. The molecule has 0 unspecified atom stereocenters. The summed E-state index contributed by atoms with van der Waals surface area (Å²) >= 11 is 7.77. The van der Waals surface area contributed by atoms with E-state index in [9.17, 15) is 9.59 Å². The van der Waals surface area contributed by atoms with Crippen LogP contribution in [0.15, 0.2) is 28.8 Å². The van der Waals surface area contributed by atoms with Crippen LogP contribution in [0.25, 0.3) is 11.3 Å². The van der Waals surface area contributed by atoms with Crippen molar-refractivity contribution in [1.29, 1.82) is 0 Å². The lowest BCUT2D eigenvalue weighted by molar-refractivity contribution is 0.0601. The van der Waals surface area contributed by atoms with Gasteiger partial charge < -0.3 is 14.6 Å². The van der Waals surface area contributed by atoms with E-state index in [0.29, 0.717) is 44.1 Å². The van der Waals surface area contributed by atoms with Gasteiger partial charge in [-0.1, -0.05) is 48.3 Å². The van der Waals surface area contributed by atoms with Crippen molar-refractivity contribution in [2.45, 2.75) is 39.5 Å². The van der Waals surface area contributed by atoms with Crippen molar-refractivity contribution < 1.29 is 18.8 Å². The number of nitrogens with zero attached hydrogens (tertiary/aromatic N) is 1. The third-order valence-electron chi connectivity index (χ3n) is 5.78. The summed E-state index contributed by atoms with van der Waals surface area (Å²) in [6.45, 7) is 3.85. The van der Waals surface area contributed by atoms with Crippen LogP contribution in [0.3, 0.4) is 0 Å². The molecule has 0 saturated heterocycles. The normalized spacial score (nSPS) is 15.4. The molecule has 0 bridgehead atoms. The molecule has 0 radical (unpaired) electrons. The van der Waals surface area contributed by atoms with Gasteiger partial charge in [-0.15, -0.1) is 11.3 Å². The number of amides is 1. The molecule has 31 heavy (non-hydrogen) atoms. The summed E-state index contributed by atoms with van der Waals surface area (Å²) in [7, 11) is 1.36. The van der Waals surface area contributed by atoms with Crippen molar-refractivity contribution in [3.63, 3.8) is 0 Å². The minimum absolute atomic E-state index is 0.293. The van der Waals surface area contributed by atoms with Crippen LogP contribution in [-0.2, 0) is 17.6 Å². The van der Waals surface area contributed by atoms with Gasteiger partial charge in [0.25, 0.3) is 5.91 Å². The number of ether oxygens (including phenoxy) is 1. The Bertz CT molecular complexity index is 1150. The maximum absolute atomic E-state index is 13.3. The molecule has 0 spiro atoms. The highest BCUT2D eigenvalue weighted by atomic mass is 35.5. The molecule has 2 aromatic heterocycles. The van der Waals surface area contributed by atoms with Gasteiger partial charge in [0, 0.05) is 10.4 Å². The Kier molecular flexibility index (Phi) is 6.16. The van der Waals surface area contributed by atoms with E-state index in [1.165, 1.54) is 18.4 Å². The van der Waals surface area contributed by atoms with Gasteiger partial charge in [-0.3, -0.25) is 4.79 Å². The second kappa shape index (κ2) is 8.85. The molecule has 1 aliphatic rings. The average Bonchev–Trinajstić information content (AvgIpc) is 3.32. The maximum Gasteiger partial charge on any atom is 0.341 e. The van der Waals surface area contributed by atoms with E-state index in [1.54, 1.807) is 25.1 Å². The number of fused-ring (bicyclic) bond motifs is 1. The Labute approximate surface area is 189 Å². The summed E-state index contributed by atoms with van der Waals surface area (Å²) in [6.07, 6.45) is 3.84. The van der Waals surface area contributed by atoms with E-state index < -0.39 is 11.9 Å². The number of carbonyl (C=O) groups excluding carboxylic acids is 2. The number of halogens is 1. The molecule has 0 fully saturated rings. The van der Waals surface area contributed by atoms with Crippen LogP contribution in [0.5, 0.6) is 0 Å². The second-order valence-electron chi connectivity index (χ2n) is 7.61. The Morgan fingerprint density at radius 2 is 2.10 bits per heavy atom. The summed E-state index contributed by atoms with van der Waals surface area (Å²) in [6, 6.07) is 7.14.